The summed E-state index contributed by atoms with van der Waals surface area (Å²) < 4.78 is 31.2. The van der Waals surface area contributed by atoms with Gasteiger partial charge in [0.05, 0.1) is 12.9 Å². The summed E-state index contributed by atoms with van der Waals surface area (Å²) in [6.07, 6.45) is 0.781. The van der Waals surface area contributed by atoms with E-state index in [1.165, 1.54) is 4.31 Å². The lowest BCUT2D eigenvalue weighted by molar-refractivity contribution is -0.133. The van der Waals surface area contributed by atoms with E-state index in [2.05, 4.69) is 0 Å². The van der Waals surface area contributed by atoms with Crippen molar-refractivity contribution >= 4 is 15.9 Å². The number of hydrogen-bond donors (Lipinski definition) is 2. The highest BCUT2D eigenvalue weighted by Crippen LogP contribution is 2.26. The normalized spacial score (nSPS) is 19.4. The Hall–Kier alpha value is -2.42. The molecular weight excluding hydrogens is 368 g/mol. The molecule has 2 aromatic carbocycles. The maximum absolute atomic E-state index is 12.4. The summed E-state index contributed by atoms with van der Waals surface area (Å²) >= 11 is 0. The Morgan fingerprint density at radius 3 is 2.30 bits per heavy atom. The second kappa shape index (κ2) is 8.08. The minimum Gasteiger partial charge on any atom is -0.497 e. The van der Waals surface area contributed by atoms with Gasteiger partial charge in [0.2, 0.25) is 10.0 Å². The third kappa shape index (κ3) is 4.29. The Morgan fingerprint density at radius 1 is 1.15 bits per heavy atom. The summed E-state index contributed by atoms with van der Waals surface area (Å²) in [5, 5.41) is 8.91. The Balaban J connectivity index is 1.80. The second-order valence-corrected chi connectivity index (χ2v) is 8.46. The van der Waals surface area contributed by atoms with Crippen molar-refractivity contribution < 1.29 is 23.2 Å². The van der Waals surface area contributed by atoms with Crippen LogP contribution in [0.1, 0.15) is 18.4 Å². The zero-order chi connectivity index (χ0) is 19.4. The van der Waals surface area contributed by atoms with E-state index >= 15 is 0 Å². The molecule has 2 aromatic rings. The van der Waals surface area contributed by atoms with Gasteiger partial charge in [0.25, 0.3) is 5.91 Å². The molecule has 8 heteroatoms. The summed E-state index contributed by atoms with van der Waals surface area (Å²) in [6, 6.07) is 14.3. The predicted molar refractivity (Wildman–Crippen MR) is 101 cm³/mol. The van der Waals surface area contributed by atoms with E-state index < -0.39 is 22.0 Å². The smallest absolute Gasteiger partial charge is 0.261 e. The highest BCUT2D eigenvalue weighted by molar-refractivity contribution is 7.89. The highest BCUT2D eigenvalue weighted by atomic mass is 32.2. The van der Waals surface area contributed by atoms with Gasteiger partial charge in [0.1, 0.15) is 11.8 Å². The fourth-order valence-corrected chi connectivity index (χ4v) is 4.93. The Labute approximate surface area is 158 Å². The molecule has 3 rings (SSSR count). The number of amides is 1. The van der Waals surface area contributed by atoms with Gasteiger partial charge in [0, 0.05) is 6.54 Å². The number of benzene rings is 2. The van der Waals surface area contributed by atoms with E-state index in [0.29, 0.717) is 12.8 Å². The van der Waals surface area contributed by atoms with Gasteiger partial charge in [-0.3, -0.25) is 10.0 Å². The molecule has 0 radical (unpaired) electrons. The van der Waals surface area contributed by atoms with Crippen molar-refractivity contribution in [3.05, 3.63) is 54.1 Å². The molecule has 2 N–H and O–H groups in total. The molecule has 7 nitrogen and oxygen atoms in total. The van der Waals surface area contributed by atoms with E-state index in [9.17, 15) is 13.2 Å². The lowest BCUT2D eigenvalue weighted by Crippen LogP contribution is -2.51. The molecule has 1 aliphatic heterocycles. The maximum atomic E-state index is 12.4. The van der Waals surface area contributed by atoms with Crippen LogP contribution < -0.4 is 10.2 Å². The molecule has 1 heterocycles. The van der Waals surface area contributed by atoms with Crippen LogP contribution in [-0.2, 0) is 21.4 Å². The molecule has 1 saturated heterocycles. The third-order valence-corrected chi connectivity index (χ3v) is 6.62. The van der Waals surface area contributed by atoms with Crippen molar-refractivity contribution in [2.75, 3.05) is 12.9 Å². The number of carbonyl (C=O) groups is 1. The molecule has 144 valence electrons. The fourth-order valence-electron chi connectivity index (χ4n) is 3.23. The van der Waals surface area contributed by atoms with Crippen LogP contribution in [0.25, 0.3) is 11.1 Å². The summed E-state index contributed by atoms with van der Waals surface area (Å²) in [4.78, 5) is 11.9. The van der Waals surface area contributed by atoms with Crippen molar-refractivity contribution in [3.63, 3.8) is 0 Å². The minimum absolute atomic E-state index is 0.00609. The van der Waals surface area contributed by atoms with Crippen LogP contribution in [0.15, 0.2) is 48.5 Å². The van der Waals surface area contributed by atoms with E-state index in [1.807, 2.05) is 48.5 Å². The lowest BCUT2D eigenvalue weighted by Gasteiger charge is -2.33. The third-order valence-electron chi connectivity index (χ3n) is 4.71. The number of rotatable bonds is 5. The number of hydrogen-bond acceptors (Lipinski definition) is 5. The first-order chi connectivity index (χ1) is 12.9. The molecule has 0 aliphatic carbocycles. The quantitative estimate of drug-likeness (QED) is 0.603. The highest BCUT2D eigenvalue weighted by Gasteiger charge is 2.38. The SMILES string of the molecule is COc1ccc(-c2ccc(CN3C(C(=O)NO)CCCS3(=O)=O)cc2)cc1. The monoisotopic (exact) mass is 390 g/mol. The first-order valence-electron chi connectivity index (χ1n) is 8.61. The number of nitrogens with zero attached hydrogens (tertiary/aromatic N) is 1. The standard InChI is InChI=1S/C19H22N2O5S/c1-26-17-10-8-16(9-11-17)15-6-4-14(5-7-15)13-21-18(19(22)20-23)3-2-12-27(21,24)25/h4-11,18,23H,2-3,12-13H2,1H3,(H,20,22). The average Bonchev–Trinajstić information content (AvgIpc) is 2.69. The van der Waals surface area contributed by atoms with Gasteiger partial charge in [-0.05, 0) is 41.7 Å². The summed E-state index contributed by atoms with van der Waals surface area (Å²) in [7, 11) is -1.93. The van der Waals surface area contributed by atoms with Crippen LogP contribution in [-0.4, -0.2) is 42.7 Å². The first kappa shape index (κ1) is 19.3. The van der Waals surface area contributed by atoms with Gasteiger partial charge >= 0.3 is 0 Å². The van der Waals surface area contributed by atoms with Crippen LogP contribution >= 0.6 is 0 Å². The van der Waals surface area contributed by atoms with Crippen molar-refractivity contribution in [3.8, 4) is 16.9 Å². The second-order valence-electron chi connectivity index (χ2n) is 6.42. The minimum atomic E-state index is -3.55. The topological polar surface area (TPSA) is 95.9 Å². The van der Waals surface area contributed by atoms with Gasteiger partial charge < -0.3 is 4.74 Å². The molecule has 0 aromatic heterocycles. The summed E-state index contributed by atoms with van der Waals surface area (Å²) in [6.45, 7) is 0.0866. The molecule has 0 bridgehead atoms. The van der Waals surface area contributed by atoms with Gasteiger partial charge in [-0.25, -0.2) is 13.9 Å². The lowest BCUT2D eigenvalue weighted by atomic mass is 10.0. The molecule has 1 amide bonds. The number of hydroxylamine groups is 1. The molecule has 0 saturated carbocycles. The van der Waals surface area contributed by atoms with Gasteiger partial charge in [-0.1, -0.05) is 36.4 Å². The van der Waals surface area contributed by atoms with Crippen LogP contribution in [0.4, 0.5) is 0 Å². The van der Waals surface area contributed by atoms with Gasteiger partial charge in [-0.15, -0.1) is 0 Å². The molecule has 1 aliphatic rings. The molecule has 1 unspecified atom stereocenters. The number of carbonyl (C=O) groups excluding carboxylic acids is 1. The molecule has 27 heavy (non-hydrogen) atoms. The van der Waals surface area contributed by atoms with Crippen LogP contribution in [0, 0.1) is 0 Å². The number of sulfonamides is 1. The molecule has 0 spiro atoms. The van der Waals surface area contributed by atoms with E-state index in [-0.39, 0.29) is 12.3 Å². The van der Waals surface area contributed by atoms with Crippen molar-refractivity contribution in [1.82, 2.24) is 9.79 Å². The van der Waals surface area contributed by atoms with Crippen LogP contribution in [0.3, 0.4) is 0 Å². The van der Waals surface area contributed by atoms with Crippen LogP contribution in [0.2, 0.25) is 0 Å². The number of methoxy groups -OCH3 is 1. The fraction of sp³-hybridized carbons (Fsp3) is 0.316. The first-order valence-corrected chi connectivity index (χ1v) is 10.2. The van der Waals surface area contributed by atoms with E-state index in [0.717, 1.165) is 22.4 Å². The van der Waals surface area contributed by atoms with Crippen molar-refractivity contribution in [1.29, 1.82) is 0 Å². The molecule has 1 atom stereocenters. The Morgan fingerprint density at radius 2 is 1.74 bits per heavy atom. The van der Waals surface area contributed by atoms with Crippen molar-refractivity contribution in [2.45, 2.75) is 25.4 Å². The summed E-state index contributed by atoms with van der Waals surface area (Å²) in [5.41, 5.74) is 4.36. The van der Waals surface area contributed by atoms with Crippen molar-refractivity contribution in [2.24, 2.45) is 0 Å². The zero-order valence-electron chi connectivity index (χ0n) is 15.0. The van der Waals surface area contributed by atoms with E-state index in [1.54, 1.807) is 12.6 Å². The average molecular weight is 390 g/mol. The van der Waals surface area contributed by atoms with Gasteiger partial charge in [0.15, 0.2) is 0 Å². The van der Waals surface area contributed by atoms with E-state index in [4.69, 9.17) is 9.94 Å². The molecule has 1 fully saturated rings. The Kier molecular flexibility index (Phi) is 5.79. The number of nitrogens with one attached hydrogen (secondary N) is 1. The predicted octanol–water partition coefficient (Wildman–Crippen LogP) is 2.16. The maximum Gasteiger partial charge on any atom is 0.261 e. The summed E-state index contributed by atoms with van der Waals surface area (Å²) in [5.74, 6) is 0.0820. The zero-order valence-corrected chi connectivity index (χ0v) is 15.8. The number of ether oxygens (including phenoxy) is 1. The van der Waals surface area contributed by atoms with Crippen LogP contribution in [0.5, 0.6) is 5.75 Å². The largest absolute Gasteiger partial charge is 0.497 e. The Bertz CT molecular complexity index is 895. The van der Waals surface area contributed by atoms with Gasteiger partial charge in [-0.2, -0.15) is 4.31 Å². The molecular formula is C19H22N2O5S.